The Morgan fingerprint density at radius 2 is 2.14 bits per heavy atom. The van der Waals surface area contributed by atoms with Gasteiger partial charge in [0, 0.05) is 15.9 Å². The smallest absolute Gasteiger partial charge is 0.241 e. The molecule has 0 aromatic heterocycles. The molecule has 3 atom stereocenters. The van der Waals surface area contributed by atoms with Gasteiger partial charge in [0.05, 0.1) is 17.4 Å². The van der Waals surface area contributed by atoms with Crippen molar-refractivity contribution in [2.75, 3.05) is 11.1 Å². The normalized spacial score (nSPS) is 26.5. The van der Waals surface area contributed by atoms with Crippen LogP contribution in [0.2, 0.25) is 0 Å². The molecule has 114 valence electrons. The van der Waals surface area contributed by atoms with Gasteiger partial charge in [-0.3, -0.25) is 4.79 Å². The van der Waals surface area contributed by atoms with E-state index in [4.69, 9.17) is 5.73 Å². The van der Waals surface area contributed by atoms with Gasteiger partial charge in [0.1, 0.15) is 0 Å². The molecule has 0 spiro atoms. The highest BCUT2D eigenvalue weighted by atomic mass is 79.9. The Labute approximate surface area is 137 Å². The summed E-state index contributed by atoms with van der Waals surface area (Å²) in [5.41, 5.74) is 7.57. The Bertz CT molecular complexity index is 761. The van der Waals surface area contributed by atoms with E-state index in [0.29, 0.717) is 23.3 Å². The lowest BCUT2D eigenvalue weighted by Gasteiger charge is -2.22. The number of rotatable bonds is 2. The van der Waals surface area contributed by atoms with Crippen LogP contribution in [0, 0.1) is 5.92 Å². The van der Waals surface area contributed by atoms with Crippen LogP contribution >= 0.6 is 15.9 Å². The summed E-state index contributed by atoms with van der Waals surface area (Å²) >= 11 is 3.46. The highest BCUT2D eigenvalue weighted by Crippen LogP contribution is 2.36. The van der Waals surface area contributed by atoms with Crippen LogP contribution < -0.4 is 16.4 Å². The number of nitrogens with one attached hydrogen (secondary N) is 2. The first-order valence-electron chi connectivity index (χ1n) is 7.66. The van der Waals surface area contributed by atoms with Gasteiger partial charge in [0.2, 0.25) is 5.91 Å². The van der Waals surface area contributed by atoms with Crippen LogP contribution in [0.1, 0.15) is 19.3 Å². The van der Waals surface area contributed by atoms with Crippen molar-refractivity contribution in [3.8, 4) is 0 Å². The topological polar surface area (TPSA) is 67.1 Å². The molecule has 2 aliphatic rings. The largest absolute Gasteiger partial charge is 0.397 e. The van der Waals surface area contributed by atoms with Crippen LogP contribution in [0.3, 0.4) is 0 Å². The third kappa shape index (κ3) is 2.29. The number of hydrogen-bond acceptors (Lipinski definition) is 3. The van der Waals surface area contributed by atoms with E-state index in [1.54, 1.807) is 0 Å². The Hall–Kier alpha value is -1.59. The number of anilines is 2. The molecule has 2 aromatic rings. The maximum absolute atomic E-state index is 12.5. The monoisotopic (exact) mass is 359 g/mol. The van der Waals surface area contributed by atoms with E-state index in [2.05, 4.69) is 26.6 Å². The second-order valence-electron chi connectivity index (χ2n) is 6.30. The number of halogens is 1. The molecule has 4 rings (SSSR count). The fourth-order valence-electron chi connectivity index (χ4n) is 3.79. The number of amides is 1. The molecule has 5 heteroatoms. The second kappa shape index (κ2) is 5.25. The van der Waals surface area contributed by atoms with Crippen molar-refractivity contribution in [2.45, 2.75) is 31.3 Å². The minimum absolute atomic E-state index is 0.0374. The summed E-state index contributed by atoms with van der Waals surface area (Å²) in [6, 6.07) is 10.3. The second-order valence-corrected chi connectivity index (χ2v) is 7.21. The van der Waals surface area contributed by atoms with Gasteiger partial charge in [-0.25, -0.2) is 0 Å². The third-order valence-electron chi connectivity index (χ3n) is 4.92. The van der Waals surface area contributed by atoms with Crippen LogP contribution in [-0.2, 0) is 4.79 Å². The standard InChI is InChI=1S/C17H18BrN3O/c18-11-3-5-13-9(7-11)2-6-14(15(13)19)21-17(22)16-10-1-4-12(8-10)20-16/h2-3,5-7,10,12,16,20H,1,4,8,19H2,(H,21,22)/t10-,12+,16+/m1/s1. The van der Waals surface area contributed by atoms with Crippen molar-refractivity contribution in [3.63, 3.8) is 0 Å². The van der Waals surface area contributed by atoms with E-state index in [9.17, 15) is 4.79 Å². The molecular formula is C17H18BrN3O. The fourth-order valence-corrected chi connectivity index (χ4v) is 4.17. The summed E-state index contributed by atoms with van der Waals surface area (Å²) in [5.74, 6) is 0.512. The number of carbonyl (C=O) groups is 1. The van der Waals surface area contributed by atoms with Gasteiger partial charge in [-0.2, -0.15) is 0 Å². The highest BCUT2D eigenvalue weighted by molar-refractivity contribution is 9.10. The zero-order chi connectivity index (χ0) is 15.3. The predicted molar refractivity (Wildman–Crippen MR) is 92.7 cm³/mol. The van der Waals surface area contributed by atoms with Gasteiger partial charge in [-0.1, -0.05) is 28.1 Å². The van der Waals surface area contributed by atoms with Crippen LogP contribution in [0.15, 0.2) is 34.8 Å². The van der Waals surface area contributed by atoms with Gasteiger partial charge in [-0.15, -0.1) is 0 Å². The zero-order valence-corrected chi connectivity index (χ0v) is 13.7. The van der Waals surface area contributed by atoms with Crippen LogP contribution in [-0.4, -0.2) is 18.0 Å². The average Bonchev–Trinajstić information content (AvgIpc) is 3.13. The lowest BCUT2D eigenvalue weighted by Crippen LogP contribution is -2.44. The first-order chi connectivity index (χ1) is 10.6. The molecule has 0 unspecified atom stereocenters. The quantitative estimate of drug-likeness (QED) is 0.720. The molecule has 1 saturated heterocycles. The van der Waals surface area contributed by atoms with Crippen molar-refractivity contribution < 1.29 is 4.79 Å². The van der Waals surface area contributed by atoms with E-state index >= 15 is 0 Å². The first kappa shape index (κ1) is 14.0. The number of fused-ring (bicyclic) bond motifs is 3. The molecule has 2 fully saturated rings. The minimum Gasteiger partial charge on any atom is -0.397 e. The number of nitrogen functional groups attached to an aromatic ring is 1. The van der Waals surface area contributed by atoms with E-state index < -0.39 is 0 Å². The van der Waals surface area contributed by atoms with Gasteiger partial charge in [0.15, 0.2) is 0 Å². The van der Waals surface area contributed by atoms with Crippen LogP contribution in [0.4, 0.5) is 11.4 Å². The van der Waals surface area contributed by atoms with Crippen LogP contribution in [0.5, 0.6) is 0 Å². The number of carbonyl (C=O) groups excluding carboxylic acids is 1. The summed E-state index contributed by atoms with van der Waals surface area (Å²) in [5, 5.41) is 8.44. The number of nitrogens with two attached hydrogens (primary N) is 1. The Kier molecular flexibility index (Phi) is 3.35. The van der Waals surface area contributed by atoms with Gasteiger partial charge in [0.25, 0.3) is 0 Å². The van der Waals surface area contributed by atoms with E-state index in [1.807, 2.05) is 30.3 Å². The predicted octanol–water partition coefficient (Wildman–Crippen LogP) is 3.26. The zero-order valence-electron chi connectivity index (χ0n) is 12.1. The molecule has 2 aromatic carbocycles. The number of hydrogen-bond donors (Lipinski definition) is 3. The van der Waals surface area contributed by atoms with Crippen molar-refractivity contribution >= 4 is 44.0 Å². The molecule has 4 N–H and O–H groups in total. The Morgan fingerprint density at radius 3 is 2.86 bits per heavy atom. The molecular weight excluding hydrogens is 342 g/mol. The molecule has 22 heavy (non-hydrogen) atoms. The number of benzene rings is 2. The molecule has 1 heterocycles. The van der Waals surface area contributed by atoms with E-state index in [1.165, 1.54) is 6.42 Å². The molecule has 4 nitrogen and oxygen atoms in total. The molecule has 0 radical (unpaired) electrons. The van der Waals surface area contributed by atoms with Crippen molar-refractivity contribution in [3.05, 3.63) is 34.8 Å². The summed E-state index contributed by atoms with van der Waals surface area (Å²) in [7, 11) is 0. The lowest BCUT2D eigenvalue weighted by molar-refractivity contribution is -0.119. The summed E-state index contributed by atoms with van der Waals surface area (Å²) in [6.45, 7) is 0. The van der Waals surface area contributed by atoms with Crippen molar-refractivity contribution in [2.24, 2.45) is 5.92 Å². The molecule has 1 saturated carbocycles. The lowest BCUT2D eigenvalue weighted by atomic mass is 9.99. The summed E-state index contributed by atoms with van der Waals surface area (Å²) in [6.07, 6.45) is 3.47. The third-order valence-corrected chi connectivity index (χ3v) is 5.42. The molecule has 1 aliphatic carbocycles. The average molecular weight is 360 g/mol. The van der Waals surface area contributed by atoms with Crippen LogP contribution in [0.25, 0.3) is 10.8 Å². The maximum atomic E-state index is 12.5. The summed E-state index contributed by atoms with van der Waals surface area (Å²) in [4.78, 5) is 12.5. The Balaban J connectivity index is 1.60. The van der Waals surface area contributed by atoms with Gasteiger partial charge < -0.3 is 16.4 Å². The molecule has 1 aliphatic heterocycles. The van der Waals surface area contributed by atoms with Gasteiger partial charge >= 0.3 is 0 Å². The maximum Gasteiger partial charge on any atom is 0.241 e. The SMILES string of the molecule is Nc1c(NC(=O)[C@H]2N[C@H]3CC[C@@H]2C3)ccc2cc(Br)ccc12. The molecule has 1 amide bonds. The van der Waals surface area contributed by atoms with E-state index in [0.717, 1.165) is 28.1 Å². The van der Waals surface area contributed by atoms with Crippen molar-refractivity contribution in [1.29, 1.82) is 0 Å². The highest BCUT2D eigenvalue weighted by Gasteiger charge is 2.42. The number of piperidine rings is 1. The minimum atomic E-state index is -0.0706. The summed E-state index contributed by atoms with van der Waals surface area (Å²) < 4.78 is 1.02. The van der Waals surface area contributed by atoms with E-state index in [-0.39, 0.29) is 11.9 Å². The first-order valence-corrected chi connectivity index (χ1v) is 8.46. The molecule has 2 bridgehead atoms. The van der Waals surface area contributed by atoms with Crippen molar-refractivity contribution in [1.82, 2.24) is 5.32 Å². The van der Waals surface area contributed by atoms with Gasteiger partial charge in [-0.05, 0) is 48.8 Å². The fraction of sp³-hybridized carbons (Fsp3) is 0.353. The Morgan fingerprint density at radius 1 is 1.27 bits per heavy atom.